The molecule has 1 fully saturated rings. The molecule has 1 amide bonds. The third-order valence-corrected chi connectivity index (χ3v) is 5.93. The minimum atomic E-state index is -2.99. The van der Waals surface area contributed by atoms with E-state index in [1.807, 2.05) is 36.1 Å². The molecule has 0 aromatic heterocycles. The van der Waals surface area contributed by atoms with Gasteiger partial charge in [-0.15, -0.1) is 0 Å². The molecule has 1 aromatic carbocycles. The van der Waals surface area contributed by atoms with E-state index in [1.165, 1.54) is 12.0 Å². The molecule has 7 nitrogen and oxygen atoms in total. The number of methoxy groups -OCH3 is 1. The molecule has 2 rings (SSSR count). The second kappa shape index (κ2) is 8.44. The van der Waals surface area contributed by atoms with E-state index in [0.717, 1.165) is 11.1 Å². The molecule has 0 N–H and O–H groups in total. The number of carbonyl (C=O) groups excluding carboxylic acids is 2. The van der Waals surface area contributed by atoms with Crippen LogP contribution in [0.2, 0.25) is 0 Å². The summed E-state index contributed by atoms with van der Waals surface area (Å²) in [6, 6.07) is 7.67. The number of amides is 1. The van der Waals surface area contributed by atoms with Gasteiger partial charge < -0.3 is 9.64 Å². The molecule has 1 aliphatic heterocycles. The predicted octanol–water partition coefficient (Wildman–Crippen LogP) is 0.227. The Balaban J connectivity index is 2.05. The molecule has 0 unspecified atom stereocenters. The van der Waals surface area contributed by atoms with Crippen LogP contribution >= 0.6 is 0 Å². The zero-order valence-corrected chi connectivity index (χ0v) is 15.4. The first-order chi connectivity index (χ1) is 11.8. The highest BCUT2D eigenvalue weighted by Crippen LogP contribution is 2.12. The first-order valence-electron chi connectivity index (χ1n) is 8.12. The summed E-state index contributed by atoms with van der Waals surface area (Å²) in [5, 5.41) is 0. The van der Waals surface area contributed by atoms with Crippen molar-refractivity contribution in [1.82, 2.24) is 9.80 Å². The van der Waals surface area contributed by atoms with Crippen molar-refractivity contribution in [1.29, 1.82) is 0 Å². The molecule has 8 heteroatoms. The Morgan fingerprint density at radius 1 is 1.20 bits per heavy atom. The average molecular weight is 368 g/mol. The summed E-state index contributed by atoms with van der Waals surface area (Å²) in [7, 11) is -1.70. The summed E-state index contributed by atoms with van der Waals surface area (Å²) in [5.74, 6) is -0.569. The molecule has 0 atom stereocenters. The van der Waals surface area contributed by atoms with Crippen molar-refractivity contribution >= 4 is 21.7 Å². The number of benzene rings is 1. The van der Waals surface area contributed by atoms with Crippen LogP contribution in [0.1, 0.15) is 11.1 Å². The van der Waals surface area contributed by atoms with Crippen LogP contribution in [-0.2, 0) is 30.7 Å². The molecule has 0 spiro atoms. The topological polar surface area (TPSA) is 84.0 Å². The Morgan fingerprint density at radius 2 is 1.84 bits per heavy atom. The lowest BCUT2D eigenvalue weighted by Gasteiger charge is -2.29. The second-order valence-corrected chi connectivity index (χ2v) is 8.48. The van der Waals surface area contributed by atoms with Crippen molar-refractivity contribution in [3.8, 4) is 0 Å². The molecule has 0 radical (unpaired) electrons. The fraction of sp³-hybridized carbons (Fsp3) is 0.529. The lowest BCUT2D eigenvalue weighted by Crippen LogP contribution is -2.47. The highest BCUT2D eigenvalue weighted by molar-refractivity contribution is 7.91. The van der Waals surface area contributed by atoms with E-state index in [-0.39, 0.29) is 30.5 Å². The number of carbonyl (C=O) groups is 2. The van der Waals surface area contributed by atoms with E-state index in [4.69, 9.17) is 4.74 Å². The van der Waals surface area contributed by atoms with Crippen molar-refractivity contribution in [2.45, 2.75) is 13.5 Å². The van der Waals surface area contributed by atoms with Gasteiger partial charge in [-0.1, -0.05) is 24.3 Å². The molecule has 0 bridgehead atoms. The van der Waals surface area contributed by atoms with Crippen molar-refractivity contribution in [2.75, 3.05) is 44.8 Å². The number of esters is 1. The van der Waals surface area contributed by atoms with Crippen molar-refractivity contribution in [3.05, 3.63) is 35.4 Å². The number of ether oxygens (including phenoxy) is 1. The van der Waals surface area contributed by atoms with Crippen LogP contribution in [0, 0.1) is 6.92 Å². The summed E-state index contributed by atoms with van der Waals surface area (Å²) >= 11 is 0. The third-order valence-electron chi connectivity index (χ3n) is 4.32. The van der Waals surface area contributed by atoms with Crippen LogP contribution in [0.4, 0.5) is 0 Å². The molecule has 1 aliphatic rings. The van der Waals surface area contributed by atoms with E-state index in [2.05, 4.69) is 0 Å². The van der Waals surface area contributed by atoms with Gasteiger partial charge in [0, 0.05) is 19.6 Å². The predicted molar refractivity (Wildman–Crippen MR) is 93.7 cm³/mol. The number of hydrogen-bond acceptors (Lipinski definition) is 6. The van der Waals surface area contributed by atoms with Gasteiger partial charge in [-0.25, -0.2) is 8.42 Å². The van der Waals surface area contributed by atoms with Crippen molar-refractivity contribution < 1.29 is 22.7 Å². The fourth-order valence-electron chi connectivity index (χ4n) is 2.65. The summed E-state index contributed by atoms with van der Waals surface area (Å²) in [5.41, 5.74) is 2.00. The normalized spacial score (nSPS) is 17.0. The molecule has 0 aliphatic carbocycles. The average Bonchev–Trinajstić information content (AvgIpc) is 2.57. The summed E-state index contributed by atoms with van der Waals surface area (Å²) in [6.45, 7) is 2.90. The van der Waals surface area contributed by atoms with Crippen LogP contribution < -0.4 is 0 Å². The van der Waals surface area contributed by atoms with Gasteiger partial charge in [0.15, 0.2) is 9.84 Å². The van der Waals surface area contributed by atoms with Gasteiger partial charge in [0.05, 0.1) is 25.2 Å². The second-order valence-electron chi connectivity index (χ2n) is 6.18. The van der Waals surface area contributed by atoms with Gasteiger partial charge in [0.25, 0.3) is 0 Å². The largest absolute Gasteiger partial charge is 0.468 e. The zero-order valence-electron chi connectivity index (χ0n) is 14.6. The zero-order chi connectivity index (χ0) is 18.4. The van der Waals surface area contributed by atoms with E-state index < -0.39 is 15.8 Å². The van der Waals surface area contributed by atoms with Crippen LogP contribution in [0.3, 0.4) is 0 Å². The highest BCUT2D eigenvalue weighted by atomic mass is 32.2. The van der Waals surface area contributed by atoms with Crippen LogP contribution in [0.25, 0.3) is 0 Å². The Kier molecular flexibility index (Phi) is 6.55. The van der Waals surface area contributed by atoms with Gasteiger partial charge in [-0.3, -0.25) is 14.5 Å². The molecule has 1 aromatic rings. The summed E-state index contributed by atoms with van der Waals surface area (Å²) < 4.78 is 27.7. The number of rotatable bonds is 6. The first-order valence-corrected chi connectivity index (χ1v) is 9.95. The van der Waals surface area contributed by atoms with Gasteiger partial charge in [0.2, 0.25) is 5.91 Å². The SMILES string of the molecule is COC(=O)CN(Cc1ccccc1C)C(=O)CN1CCS(=O)(=O)CC1. The van der Waals surface area contributed by atoms with E-state index >= 15 is 0 Å². The quantitative estimate of drug-likeness (QED) is 0.668. The fourth-order valence-corrected chi connectivity index (χ4v) is 3.92. The minimum absolute atomic E-state index is 0.0646. The number of aryl methyl sites for hydroxylation is 1. The maximum atomic E-state index is 12.7. The lowest BCUT2D eigenvalue weighted by atomic mass is 10.1. The van der Waals surface area contributed by atoms with Crippen molar-refractivity contribution in [2.24, 2.45) is 0 Å². The number of hydrogen-bond donors (Lipinski definition) is 0. The Bertz CT molecular complexity index is 718. The van der Waals surface area contributed by atoms with Crippen LogP contribution in [0.15, 0.2) is 24.3 Å². The Hall–Kier alpha value is -1.93. The van der Waals surface area contributed by atoms with Gasteiger partial charge in [-0.05, 0) is 18.1 Å². The van der Waals surface area contributed by atoms with Crippen LogP contribution in [0.5, 0.6) is 0 Å². The smallest absolute Gasteiger partial charge is 0.325 e. The highest BCUT2D eigenvalue weighted by Gasteiger charge is 2.26. The van der Waals surface area contributed by atoms with E-state index in [0.29, 0.717) is 19.6 Å². The lowest BCUT2D eigenvalue weighted by molar-refractivity contribution is -0.147. The first kappa shape index (κ1) is 19.4. The Morgan fingerprint density at radius 3 is 2.44 bits per heavy atom. The molecule has 0 saturated carbocycles. The van der Waals surface area contributed by atoms with E-state index in [9.17, 15) is 18.0 Å². The van der Waals surface area contributed by atoms with Crippen molar-refractivity contribution in [3.63, 3.8) is 0 Å². The summed E-state index contributed by atoms with van der Waals surface area (Å²) in [6.07, 6.45) is 0. The maximum absolute atomic E-state index is 12.7. The molecule has 138 valence electrons. The van der Waals surface area contributed by atoms with Crippen LogP contribution in [-0.4, -0.2) is 74.9 Å². The minimum Gasteiger partial charge on any atom is -0.468 e. The number of sulfone groups is 1. The molecule has 25 heavy (non-hydrogen) atoms. The molecular weight excluding hydrogens is 344 g/mol. The molecule has 1 saturated heterocycles. The van der Waals surface area contributed by atoms with Gasteiger partial charge in [0.1, 0.15) is 6.54 Å². The summed E-state index contributed by atoms with van der Waals surface area (Å²) in [4.78, 5) is 27.6. The third kappa shape index (κ3) is 5.82. The number of nitrogens with zero attached hydrogens (tertiary/aromatic N) is 2. The molecule has 1 heterocycles. The van der Waals surface area contributed by atoms with E-state index in [1.54, 1.807) is 0 Å². The van der Waals surface area contributed by atoms with Gasteiger partial charge >= 0.3 is 5.97 Å². The maximum Gasteiger partial charge on any atom is 0.325 e. The Labute approximate surface area is 148 Å². The monoisotopic (exact) mass is 368 g/mol. The molecular formula is C17H24N2O5S. The van der Waals surface area contributed by atoms with Gasteiger partial charge in [-0.2, -0.15) is 0 Å². The standard InChI is InChI=1S/C17H24N2O5S/c1-14-5-3-4-6-15(14)11-19(13-17(21)24-2)16(20)12-18-7-9-25(22,23)10-8-18/h3-6H,7-13H2,1-2H3.